The van der Waals surface area contributed by atoms with Crippen molar-refractivity contribution in [1.29, 1.82) is 0 Å². The van der Waals surface area contributed by atoms with E-state index in [1.807, 2.05) is 44.2 Å². The molecule has 3 atom stereocenters. The van der Waals surface area contributed by atoms with Crippen molar-refractivity contribution in [3.05, 3.63) is 35.9 Å². The summed E-state index contributed by atoms with van der Waals surface area (Å²) >= 11 is 4.17. The molecule has 0 spiro atoms. The van der Waals surface area contributed by atoms with Gasteiger partial charge >= 0.3 is 0 Å². The topological polar surface area (TPSA) is 113 Å². The number of carbonyl (C=O) groups excluding carboxylic acids is 3. The van der Waals surface area contributed by atoms with Gasteiger partial charge < -0.3 is 10.6 Å². The molecule has 1 aromatic rings. The van der Waals surface area contributed by atoms with Crippen LogP contribution in [0.5, 0.6) is 0 Å². The Labute approximate surface area is 165 Å². The van der Waals surface area contributed by atoms with E-state index in [0.717, 1.165) is 5.56 Å². The van der Waals surface area contributed by atoms with E-state index in [1.165, 1.54) is 11.9 Å². The molecule has 0 aromatic heterocycles. The first-order valence-corrected chi connectivity index (χ1v) is 9.50. The number of rotatable bonds is 10. The lowest BCUT2D eigenvalue weighted by Crippen LogP contribution is -2.51. The van der Waals surface area contributed by atoms with Crippen molar-refractivity contribution >= 4 is 30.4 Å². The maximum absolute atomic E-state index is 13.2. The number of nitrogens with one attached hydrogen (secondary N) is 1. The van der Waals surface area contributed by atoms with Crippen LogP contribution in [0, 0.1) is 17.8 Å². The second-order valence-corrected chi connectivity index (χ2v) is 7.42. The largest absolute Gasteiger partial charge is 0.368 e. The quantitative estimate of drug-likeness (QED) is 0.271. The summed E-state index contributed by atoms with van der Waals surface area (Å²) in [6.07, 6.45) is 0.698. The van der Waals surface area contributed by atoms with E-state index in [9.17, 15) is 14.4 Å². The van der Waals surface area contributed by atoms with Crippen molar-refractivity contribution in [3.63, 3.8) is 0 Å². The van der Waals surface area contributed by atoms with Crippen molar-refractivity contribution in [3.8, 4) is 0 Å². The van der Waals surface area contributed by atoms with Gasteiger partial charge in [0.05, 0.1) is 11.8 Å². The molecule has 0 radical (unpaired) electrons. The van der Waals surface area contributed by atoms with Crippen LogP contribution in [-0.2, 0) is 20.8 Å². The van der Waals surface area contributed by atoms with Crippen LogP contribution in [0.3, 0.4) is 0 Å². The maximum Gasteiger partial charge on any atom is 0.248 e. The van der Waals surface area contributed by atoms with Crippen LogP contribution in [0.15, 0.2) is 30.3 Å². The maximum atomic E-state index is 13.2. The summed E-state index contributed by atoms with van der Waals surface area (Å²) in [6, 6.07) is 8.43. The molecule has 0 aliphatic heterocycles. The van der Waals surface area contributed by atoms with Crippen LogP contribution in [0.2, 0.25) is 0 Å². The first-order valence-electron chi connectivity index (χ1n) is 8.87. The zero-order valence-electron chi connectivity index (χ0n) is 16.0. The molecule has 2 unspecified atom stereocenters. The van der Waals surface area contributed by atoms with Gasteiger partial charge in [0.2, 0.25) is 17.7 Å². The summed E-state index contributed by atoms with van der Waals surface area (Å²) in [5.41, 5.74) is 8.03. The van der Waals surface area contributed by atoms with Crippen molar-refractivity contribution in [2.24, 2.45) is 23.5 Å². The molecule has 27 heavy (non-hydrogen) atoms. The summed E-state index contributed by atoms with van der Waals surface area (Å²) in [7, 11) is 1.51. The average molecular weight is 396 g/mol. The third-order valence-electron chi connectivity index (χ3n) is 4.59. The number of nitrogens with two attached hydrogens (primary N) is 1. The second-order valence-electron chi connectivity index (χ2n) is 7.06. The monoisotopic (exact) mass is 395 g/mol. The molecule has 4 N–H and O–H groups in total. The Hall–Kier alpha value is -2.06. The molecule has 0 saturated heterocycles. The number of hydrogen-bond donors (Lipinski definition) is 4. The van der Waals surface area contributed by atoms with Gasteiger partial charge in [-0.3, -0.25) is 19.6 Å². The van der Waals surface area contributed by atoms with E-state index >= 15 is 0 Å². The van der Waals surface area contributed by atoms with Gasteiger partial charge in [-0.15, -0.1) is 0 Å². The molecule has 1 aromatic carbocycles. The minimum atomic E-state index is -0.840. The van der Waals surface area contributed by atoms with Gasteiger partial charge in [0.15, 0.2) is 0 Å². The highest BCUT2D eigenvalue weighted by molar-refractivity contribution is 7.80. The standard InChI is InChI=1S/C19H29N3O4S/c1-12(2)9-14(15(11-27)18(24)21-26)19(25)22(3)16(17(20)23)10-13-7-5-4-6-8-13/h4-8,12,14-16,26-27H,9-11H2,1-3H3,(H2,20,23)(H,21,24)/t14?,15?,16-/m0/s1. The Morgan fingerprint density at radius 2 is 1.78 bits per heavy atom. The highest BCUT2D eigenvalue weighted by Gasteiger charge is 2.37. The first-order chi connectivity index (χ1) is 12.7. The number of amides is 3. The Morgan fingerprint density at radius 3 is 2.22 bits per heavy atom. The highest BCUT2D eigenvalue weighted by Crippen LogP contribution is 2.25. The van der Waals surface area contributed by atoms with E-state index in [2.05, 4.69) is 12.6 Å². The predicted octanol–water partition coefficient (Wildman–Crippen LogP) is 1.26. The van der Waals surface area contributed by atoms with Crippen molar-refractivity contribution in [2.75, 3.05) is 12.8 Å². The molecule has 8 heteroatoms. The first kappa shape index (κ1) is 23.0. The number of thiol groups is 1. The van der Waals surface area contributed by atoms with Crippen LogP contribution in [-0.4, -0.2) is 46.7 Å². The van der Waals surface area contributed by atoms with Crippen molar-refractivity contribution < 1.29 is 19.6 Å². The Kier molecular flexibility index (Phi) is 9.31. The Morgan fingerprint density at radius 1 is 1.19 bits per heavy atom. The minimum Gasteiger partial charge on any atom is -0.368 e. The fourth-order valence-electron chi connectivity index (χ4n) is 3.10. The summed E-state index contributed by atoms with van der Waals surface area (Å²) in [4.78, 5) is 38.5. The number of nitrogens with zero attached hydrogens (tertiary/aromatic N) is 1. The van der Waals surface area contributed by atoms with Crippen LogP contribution in [0.25, 0.3) is 0 Å². The lowest BCUT2D eigenvalue weighted by molar-refractivity contribution is -0.147. The third-order valence-corrected chi connectivity index (χ3v) is 4.98. The van der Waals surface area contributed by atoms with E-state index in [-0.39, 0.29) is 24.0 Å². The van der Waals surface area contributed by atoms with E-state index in [1.54, 1.807) is 5.48 Å². The van der Waals surface area contributed by atoms with Crippen LogP contribution >= 0.6 is 12.6 Å². The normalized spacial score (nSPS) is 14.3. The zero-order chi connectivity index (χ0) is 20.6. The SMILES string of the molecule is CC(C)CC(C(=O)N(C)[C@@H](Cc1ccccc1)C(N)=O)C(CS)C(=O)NO. The molecule has 150 valence electrons. The zero-order valence-corrected chi connectivity index (χ0v) is 16.9. The highest BCUT2D eigenvalue weighted by atomic mass is 32.1. The van der Waals surface area contributed by atoms with Gasteiger partial charge in [-0.25, -0.2) is 5.48 Å². The van der Waals surface area contributed by atoms with E-state index < -0.39 is 29.7 Å². The van der Waals surface area contributed by atoms with E-state index in [4.69, 9.17) is 10.9 Å². The Bertz CT molecular complexity index is 639. The van der Waals surface area contributed by atoms with Crippen LogP contribution in [0.1, 0.15) is 25.8 Å². The fourth-order valence-corrected chi connectivity index (χ4v) is 3.52. The molecule has 3 amide bonds. The summed E-state index contributed by atoms with van der Waals surface area (Å²) in [6.45, 7) is 3.87. The third kappa shape index (κ3) is 6.55. The molecular formula is C19H29N3O4S. The number of hydroxylamine groups is 1. The summed E-state index contributed by atoms with van der Waals surface area (Å²) in [5, 5.41) is 9.00. The second kappa shape index (κ2) is 10.9. The van der Waals surface area contributed by atoms with Gasteiger partial charge in [0, 0.05) is 19.2 Å². The van der Waals surface area contributed by atoms with Gasteiger partial charge in [-0.2, -0.15) is 12.6 Å². The molecule has 0 fully saturated rings. The lowest BCUT2D eigenvalue weighted by Gasteiger charge is -2.33. The van der Waals surface area contributed by atoms with Crippen molar-refractivity contribution in [2.45, 2.75) is 32.7 Å². The van der Waals surface area contributed by atoms with Crippen LogP contribution in [0.4, 0.5) is 0 Å². The van der Waals surface area contributed by atoms with Gasteiger partial charge in [-0.1, -0.05) is 44.2 Å². The van der Waals surface area contributed by atoms with Crippen molar-refractivity contribution in [1.82, 2.24) is 10.4 Å². The molecule has 0 heterocycles. The van der Waals surface area contributed by atoms with Crippen LogP contribution < -0.4 is 11.2 Å². The summed E-state index contributed by atoms with van der Waals surface area (Å²) < 4.78 is 0. The van der Waals surface area contributed by atoms with Gasteiger partial charge in [0.1, 0.15) is 6.04 Å². The smallest absolute Gasteiger partial charge is 0.248 e. The molecule has 0 bridgehead atoms. The molecule has 1 rings (SSSR count). The number of benzene rings is 1. The Balaban J connectivity index is 3.11. The molecule has 0 saturated carbocycles. The fraction of sp³-hybridized carbons (Fsp3) is 0.526. The lowest BCUT2D eigenvalue weighted by atomic mass is 9.84. The van der Waals surface area contributed by atoms with E-state index in [0.29, 0.717) is 6.42 Å². The number of hydrogen-bond acceptors (Lipinski definition) is 5. The number of likely N-dealkylation sites (N-methyl/N-ethyl adjacent to an activating group) is 1. The molecular weight excluding hydrogens is 366 g/mol. The number of carbonyl (C=O) groups is 3. The van der Waals surface area contributed by atoms with Gasteiger partial charge in [-0.05, 0) is 17.9 Å². The molecule has 0 aliphatic rings. The van der Waals surface area contributed by atoms with Gasteiger partial charge in [0.25, 0.3) is 0 Å². The number of primary amides is 1. The minimum absolute atomic E-state index is 0.0866. The molecule has 7 nitrogen and oxygen atoms in total. The summed E-state index contributed by atoms with van der Waals surface area (Å²) in [5.74, 6) is -2.99. The average Bonchev–Trinajstić information content (AvgIpc) is 2.64. The molecule has 0 aliphatic carbocycles. The predicted molar refractivity (Wildman–Crippen MR) is 106 cm³/mol.